The molecule has 0 aromatic heterocycles. The summed E-state index contributed by atoms with van der Waals surface area (Å²) in [5.41, 5.74) is 0. The van der Waals surface area contributed by atoms with Crippen LogP contribution in [0.25, 0.3) is 0 Å². The maximum absolute atomic E-state index is 5.75. The van der Waals surface area contributed by atoms with Crippen LogP contribution in [-0.4, -0.2) is 62.5 Å². The number of rotatable bonds is 1. The van der Waals surface area contributed by atoms with Gasteiger partial charge < -0.3 is 14.8 Å². The zero-order valence-corrected chi connectivity index (χ0v) is 9.67. The van der Waals surface area contributed by atoms with E-state index in [9.17, 15) is 0 Å². The van der Waals surface area contributed by atoms with E-state index in [1.807, 2.05) is 0 Å². The summed E-state index contributed by atoms with van der Waals surface area (Å²) in [5.74, 6) is 0. The second-order valence-electron chi connectivity index (χ2n) is 4.39. The van der Waals surface area contributed by atoms with Crippen molar-refractivity contribution in [2.45, 2.75) is 24.6 Å². The summed E-state index contributed by atoms with van der Waals surface area (Å²) in [4.78, 5) is 2.60. The number of nitrogens with zero attached hydrogens (tertiary/aromatic N) is 1. The Morgan fingerprint density at radius 1 is 1.20 bits per heavy atom. The molecule has 0 aromatic carbocycles. The summed E-state index contributed by atoms with van der Waals surface area (Å²) in [6.45, 7) is 5.93. The molecule has 0 saturated carbocycles. The standard InChI is InChI=1S/C10H18N2O2.ClH/c1-3-13-7-8(1)12-2-4-14-10-6-11-5-9(10)12;/h8-11H,1-7H2;1H/t8?,9-,10-;/m1./s1. The molecule has 3 saturated heterocycles. The number of ether oxygens (including phenoxy) is 2. The Labute approximate surface area is 96.7 Å². The van der Waals surface area contributed by atoms with Crippen LogP contribution in [0, 0.1) is 0 Å². The summed E-state index contributed by atoms with van der Waals surface area (Å²) < 4.78 is 11.2. The summed E-state index contributed by atoms with van der Waals surface area (Å²) in [7, 11) is 0. The van der Waals surface area contributed by atoms with E-state index in [1.54, 1.807) is 0 Å². The van der Waals surface area contributed by atoms with Crippen molar-refractivity contribution in [2.75, 3.05) is 39.5 Å². The highest BCUT2D eigenvalue weighted by molar-refractivity contribution is 5.85. The van der Waals surface area contributed by atoms with Crippen molar-refractivity contribution in [3.8, 4) is 0 Å². The zero-order valence-electron chi connectivity index (χ0n) is 8.85. The van der Waals surface area contributed by atoms with Gasteiger partial charge in [-0.3, -0.25) is 4.90 Å². The predicted molar refractivity (Wildman–Crippen MR) is 59.6 cm³/mol. The molecule has 1 unspecified atom stereocenters. The molecule has 0 aromatic rings. The van der Waals surface area contributed by atoms with Crippen LogP contribution >= 0.6 is 12.4 Å². The van der Waals surface area contributed by atoms with E-state index < -0.39 is 0 Å². The van der Waals surface area contributed by atoms with Gasteiger partial charge in [0, 0.05) is 32.3 Å². The number of hydrogen-bond donors (Lipinski definition) is 1. The molecule has 88 valence electrons. The van der Waals surface area contributed by atoms with Crippen molar-refractivity contribution in [1.82, 2.24) is 10.2 Å². The fourth-order valence-corrected chi connectivity index (χ4v) is 2.85. The van der Waals surface area contributed by atoms with Gasteiger partial charge in [0.15, 0.2) is 0 Å². The van der Waals surface area contributed by atoms with Crippen molar-refractivity contribution in [3.05, 3.63) is 0 Å². The largest absolute Gasteiger partial charge is 0.380 e. The zero-order chi connectivity index (χ0) is 9.38. The number of hydrogen-bond acceptors (Lipinski definition) is 4. The minimum absolute atomic E-state index is 0. The lowest BCUT2D eigenvalue weighted by atomic mass is 10.1. The van der Waals surface area contributed by atoms with Crippen molar-refractivity contribution < 1.29 is 9.47 Å². The van der Waals surface area contributed by atoms with Crippen LogP contribution in [0.15, 0.2) is 0 Å². The fourth-order valence-electron chi connectivity index (χ4n) is 2.85. The molecule has 3 aliphatic rings. The second kappa shape index (κ2) is 4.97. The Bertz CT molecular complexity index is 212. The summed E-state index contributed by atoms with van der Waals surface area (Å²) >= 11 is 0. The van der Waals surface area contributed by atoms with E-state index in [4.69, 9.17) is 9.47 Å². The van der Waals surface area contributed by atoms with Crippen LogP contribution < -0.4 is 5.32 Å². The van der Waals surface area contributed by atoms with Gasteiger partial charge in [-0.1, -0.05) is 0 Å². The van der Waals surface area contributed by atoms with E-state index in [1.165, 1.54) is 6.42 Å². The van der Waals surface area contributed by atoms with Crippen molar-refractivity contribution >= 4 is 12.4 Å². The van der Waals surface area contributed by atoms with Gasteiger partial charge in [0.05, 0.1) is 25.4 Å². The molecule has 5 heteroatoms. The van der Waals surface area contributed by atoms with E-state index >= 15 is 0 Å². The van der Waals surface area contributed by atoms with E-state index in [0.29, 0.717) is 18.2 Å². The third-order valence-corrected chi connectivity index (χ3v) is 3.61. The summed E-state index contributed by atoms with van der Waals surface area (Å²) in [6.07, 6.45) is 1.62. The van der Waals surface area contributed by atoms with Gasteiger partial charge >= 0.3 is 0 Å². The Morgan fingerprint density at radius 2 is 2.13 bits per heavy atom. The molecule has 1 N–H and O–H groups in total. The lowest BCUT2D eigenvalue weighted by Crippen LogP contribution is -2.55. The number of nitrogens with one attached hydrogen (secondary N) is 1. The van der Waals surface area contributed by atoms with E-state index in [0.717, 1.165) is 39.5 Å². The van der Waals surface area contributed by atoms with Gasteiger partial charge in [-0.25, -0.2) is 0 Å². The van der Waals surface area contributed by atoms with Gasteiger partial charge in [0.2, 0.25) is 0 Å². The molecule has 15 heavy (non-hydrogen) atoms. The van der Waals surface area contributed by atoms with Crippen LogP contribution in [0.5, 0.6) is 0 Å². The molecule has 0 radical (unpaired) electrons. The Kier molecular flexibility index (Phi) is 3.85. The minimum Gasteiger partial charge on any atom is -0.380 e. The van der Waals surface area contributed by atoms with Gasteiger partial charge in [-0.2, -0.15) is 0 Å². The minimum atomic E-state index is 0. The monoisotopic (exact) mass is 234 g/mol. The lowest BCUT2D eigenvalue weighted by molar-refractivity contribution is -0.0637. The third-order valence-electron chi connectivity index (χ3n) is 3.61. The summed E-state index contributed by atoms with van der Waals surface area (Å²) in [6, 6.07) is 1.24. The first kappa shape index (κ1) is 11.6. The Morgan fingerprint density at radius 3 is 2.93 bits per heavy atom. The highest BCUT2D eigenvalue weighted by atomic mass is 35.5. The quantitative estimate of drug-likeness (QED) is 0.686. The van der Waals surface area contributed by atoms with E-state index in [2.05, 4.69) is 10.2 Å². The third kappa shape index (κ3) is 2.15. The molecule has 3 rings (SSSR count). The highest BCUT2D eigenvalue weighted by Gasteiger charge is 2.39. The molecule has 3 heterocycles. The fraction of sp³-hybridized carbons (Fsp3) is 1.00. The van der Waals surface area contributed by atoms with E-state index in [-0.39, 0.29) is 12.4 Å². The molecule has 3 aliphatic heterocycles. The molecule has 0 aliphatic carbocycles. The average Bonchev–Trinajstić information content (AvgIpc) is 2.88. The normalized spacial score (nSPS) is 41.2. The number of morpholine rings is 1. The maximum atomic E-state index is 5.75. The van der Waals surface area contributed by atoms with Crippen molar-refractivity contribution in [2.24, 2.45) is 0 Å². The average molecular weight is 235 g/mol. The van der Waals surface area contributed by atoms with Crippen LogP contribution in [0.4, 0.5) is 0 Å². The Balaban J connectivity index is 0.000000853. The first-order chi connectivity index (χ1) is 6.95. The van der Waals surface area contributed by atoms with Crippen molar-refractivity contribution in [1.29, 1.82) is 0 Å². The topological polar surface area (TPSA) is 33.7 Å². The highest BCUT2D eigenvalue weighted by Crippen LogP contribution is 2.23. The molecule has 4 nitrogen and oxygen atoms in total. The molecule has 3 atom stereocenters. The smallest absolute Gasteiger partial charge is 0.0867 e. The van der Waals surface area contributed by atoms with Crippen LogP contribution in [0.2, 0.25) is 0 Å². The number of halogens is 1. The van der Waals surface area contributed by atoms with Gasteiger partial charge in [0.25, 0.3) is 0 Å². The molecular weight excluding hydrogens is 216 g/mol. The molecule has 0 bridgehead atoms. The lowest BCUT2D eigenvalue weighted by Gasteiger charge is -2.40. The maximum Gasteiger partial charge on any atom is 0.0867 e. The predicted octanol–water partition coefficient (Wildman–Crippen LogP) is -0.130. The Hall–Kier alpha value is 0.130. The second-order valence-corrected chi connectivity index (χ2v) is 4.39. The van der Waals surface area contributed by atoms with Gasteiger partial charge in [0.1, 0.15) is 0 Å². The molecule has 3 fully saturated rings. The molecule has 0 amide bonds. The van der Waals surface area contributed by atoms with Gasteiger partial charge in [-0.15, -0.1) is 12.4 Å². The van der Waals surface area contributed by atoms with Crippen LogP contribution in [0.1, 0.15) is 6.42 Å². The molecule has 0 spiro atoms. The first-order valence-electron chi connectivity index (χ1n) is 5.61. The van der Waals surface area contributed by atoms with Gasteiger partial charge in [-0.05, 0) is 6.42 Å². The van der Waals surface area contributed by atoms with Crippen molar-refractivity contribution in [3.63, 3.8) is 0 Å². The van der Waals surface area contributed by atoms with Crippen LogP contribution in [-0.2, 0) is 9.47 Å². The number of fused-ring (bicyclic) bond motifs is 1. The molecular formula is C10H19ClN2O2. The first-order valence-corrected chi connectivity index (χ1v) is 5.61. The van der Waals surface area contributed by atoms with Crippen LogP contribution in [0.3, 0.4) is 0 Å². The summed E-state index contributed by atoms with van der Waals surface area (Å²) in [5, 5.41) is 3.41. The SMILES string of the molecule is C1CC(N2CCO[C@@H]3CNC[C@H]32)CO1.Cl.